The molecule has 0 radical (unpaired) electrons. The van der Waals surface area contributed by atoms with Crippen molar-refractivity contribution in [2.75, 3.05) is 11.9 Å². The lowest BCUT2D eigenvalue weighted by Gasteiger charge is -2.07. The Bertz CT molecular complexity index is 676. The van der Waals surface area contributed by atoms with Crippen molar-refractivity contribution in [1.82, 2.24) is 4.98 Å². The Labute approximate surface area is 121 Å². The number of aromatic nitrogens is 1. The molecule has 6 heteroatoms. The third-order valence-electron chi connectivity index (χ3n) is 2.92. The topological polar surface area (TPSA) is 91.4 Å². The number of carboxylic acid groups (broad SMARTS) is 1. The van der Waals surface area contributed by atoms with Gasteiger partial charge in [0, 0.05) is 11.9 Å². The van der Waals surface area contributed by atoms with Gasteiger partial charge in [-0.2, -0.15) is 0 Å². The second kappa shape index (κ2) is 6.13. The molecule has 1 amide bonds. The Hall–Kier alpha value is -2.76. The molecule has 3 N–H and O–H groups in total. The first-order chi connectivity index (χ1) is 9.97. The first-order valence-corrected chi connectivity index (χ1v) is 6.38. The average Bonchev–Trinajstić information content (AvgIpc) is 2.77. The molecule has 2 rings (SSSR count). The number of amides is 1. The van der Waals surface area contributed by atoms with Gasteiger partial charge in [-0.25, -0.2) is 4.79 Å². The quantitative estimate of drug-likeness (QED) is 0.787. The fourth-order valence-electron chi connectivity index (χ4n) is 1.94. The maximum Gasteiger partial charge on any atom is 0.339 e. The highest BCUT2D eigenvalue weighted by Gasteiger charge is 2.17. The molecule has 0 fully saturated rings. The van der Waals surface area contributed by atoms with E-state index in [0.29, 0.717) is 11.4 Å². The van der Waals surface area contributed by atoms with Crippen molar-refractivity contribution in [3.05, 3.63) is 47.3 Å². The second-order valence-electron chi connectivity index (χ2n) is 4.66. The van der Waals surface area contributed by atoms with Gasteiger partial charge in [-0.1, -0.05) is 12.1 Å². The van der Waals surface area contributed by atoms with Gasteiger partial charge in [0.2, 0.25) is 0 Å². The van der Waals surface area contributed by atoms with Gasteiger partial charge >= 0.3 is 5.97 Å². The molecule has 0 saturated carbocycles. The van der Waals surface area contributed by atoms with Crippen molar-refractivity contribution >= 4 is 17.6 Å². The van der Waals surface area contributed by atoms with E-state index < -0.39 is 11.9 Å². The third kappa shape index (κ3) is 3.62. The summed E-state index contributed by atoms with van der Waals surface area (Å²) in [4.78, 5) is 25.7. The van der Waals surface area contributed by atoms with Crippen LogP contribution in [-0.4, -0.2) is 28.6 Å². The molecular formula is C15H16N2O4. The lowest BCUT2D eigenvalue weighted by atomic mass is 10.2. The van der Waals surface area contributed by atoms with E-state index in [1.165, 1.54) is 6.20 Å². The lowest BCUT2D eigenvalue weighted by Crippen LogP contribution is -2.21. The summed E-state index contributed by atoms with van der Waals surface area (Å²) in [7, 11) is 0. The standard InChI is InChI=1S/C15H16N2O4/c1-9-4-3-5-11(6-9)21-8-13(18)17-12-7-16-10(2)14(12)15(19)20/h3-7,16H,8H2,1-2H3,(H,17,18)(H,19,20). The highest BCUT2D eigenvalue weighted by atomic mass is 16.5. The fraction of sp³-hybridized carbons (Fsp3) is 0.200. The van der Waals surface area contributed by atoms with E-state index in [-0.39, 0.29) is 17.9 Å². The van der Waals surface area contributed by atoms with Crippen LogP contribution in [0.15, 0.2) is 30.5 Å². The molecule has 6 nitrogen and oxygen atoms in total. The molecule has 0 unspecified atom stereocenters. The molecule has 0 saturated heterocycles. The van der Waals surface area contributed by atoms with Crippen LogP contribution in [0.5, 0.6) is 5.75 Å². The van der Waals surface area contributed by atoms with Crippen LogP contribution in [0, 0.1) is 13.8 Å². The van der Waals surface area contributed by atoms with Gasteiger partial charge in [-0.15, -0.1) is 0 Å². The number of ether oxygens (including phenoxy) is 1. The van der Waals surface area contributed by atoms with Crippen molar-refractivity contribution in [2.24, 2.45) is 0 Å². The number of anilines is 1. The summed E-state index contributed by atoms with van der Waals surface area (Å²) in [5.74, 6) is -0.921. The zero-order valence-corrected chi connectivity index (χ0v) is 11.8. The van der Waals surface area contributed by atoms with Crippen molar-refractivity contribution in [3.8, 4) is 5.75 Å². The number of aromatic carboxylic acids is 1. The van der Waals surface area contributed by atoms with Crippen LogP contribution in [-0.2, 0) is 4.79 Å². The summed E-state index contributed by atoms with van der Waals surface area (Å²) in [5, 5.41) is 11.6. The second-order valence-corrected chi connectivity index (χ2v) is 4.66. The van der Waals surface area contributed by atoms with Crippen LogP contribution in [0.3, 0.4) is 0 Å². The van der Waals surface area contributed by atoms with Gasteiger partial charge in [0.05, 0.1) is 5.69 Å². The van der Waals surface area contributed by atoms with Crippen LogP contribution in [0.1, 0.15) is 21.6 Å². The third-order valence-corrected chi connectivity index (χ3v) is 2.92. The van der Waals surface area contributed by atoms with E-state index >= 15 is 0 Å². The predicted octanol–water partition coefficient (Wildman–Crippen LogP) is 2.35. The van der Waals surface area contributed by atoms with Gasteiger partial charge < -0.3 is 20.1 Å². The van der Waals surface area contributed by atoms with Gasteiger partial charge in [-0.3, -0.25) is 4.79 Å². The first kappa shape index (κ1) is 14.6. The highest BCUT2D eigenvalue weighted by Crippen LogP contribution is 2.19. The van der Waals surface area contributed by atoms with Gasteiger partial charge in [-0.05, 0) is 31.5 Å². The van der Waals surface area contributed by atoms with Crippen LogP contribution in [0.4, 0.5) is 5.69 Å². The molecule has 2 aromatic rings. The average molecular weight is 288 g/mol. The SMILES string of the molecule is Cc1cccc(OCC(=O)Nc2c[nH]c(C)c2C(=O)O)c1. The monoisotopic (exact) mass is 288 g/mol. The number of aryl methyl sites for hydroxylation is 2. The zero-order chi connectivity index (χ0) is 15.4. The molecular weight excluding hydrogens is 272 g/mol. The van der Waals surface area contributed by atoms with Crippen LogP contribution >= 0.6 is 0 Å². The number of benzene rings is 1. The summed E-state index contributed by atoms with van der Waals surface area (Å²) in [5.41, 5.74) is 1.80. The van der Waals surface area contributed by atoms with E-state index in [0.717, 1.165) is 5.56 Å². The van der Waals surface area contributed by atoms with Crippen molar-refractivity contribution in [3.63, 3.8) is 0 Å². The molecule has 1 heterocycles. The summed E-state index contributed by atoms with van der Waals surface area (Å²) in [6, 6.07) is 7.33. The minimum atomic E-state index is -1.09. The van der Waals surface area contributed by atoms with Crippen LogP contribution in [0.25, 0.3) is 0 Å². The molecule has 110 valence electrons. The molecule has 0 spiro atoms. The molecule has 1 aromatic carbocycles. The van der Waals surface area contributed by atoms with Crippen LogP contribution < -0.4 is 10.1 Å². The Kier molecular flexibility index (Phi) is 4.27. The lowest BCUT2D eigenvalue weighted by molar-refractivity contribution is -0.118. The molecule has 0 atom stereocenters. The molecule has 0 aliphatic rings. The summed E-state index contributed by atoms with van der Waals surface area (Å²) < 4.78 is 5.36. The minimum absolute atomic E-state index is 0.0545. The van der Waals surface area contributed by atoms with Crippen molar-refractivity contribution in [2.45, 2.75) is 13.8 Å². The normalized spacial score (nSPS) is 10.2. The van der Waals surface area contributed by atoms with E-state index in [4.69, 9.17) is 9.84 Å². The highest BCUT2D eigenvalue weighted by molar-refractivity contribution is 6.01. The molecule has 21 heavy (non-hydrogen) atoms. The van der Waals surface area contributed by atoms with Crippen molar-refractivity contribution in [1.29, 1.82) is 0 Å². The van der Waals surface area contributed by atoms with E-state index in [1.807, 2.05) is 25.1 Å². The summed E-state index contributed by atoms with van der Waals surface area (Å²) >= 11 is 0. The first-order valence-electron chi connectivity index (χ1n) is 6.38. The smallest absolute Gasteiger partial charge is 0.339 e. The fourth-order valence-corrected chi connectivity index (χ4v) is 1.94. The largest absolute Gasteiger partial charge is 0.484 e. The zero-order valence-electron chi connectivity index (χ0n) is 11.8. The number of carbonyl (C=O) groups excluding carboxylic acids is 1. The number of nitrogens with one attached hydrogen (secondary N) is 2. The Balaban J connectivity index is 1.98. The van der Waals surface area contributed by atoms with Gasteiger partial charge in [0.15, 0.2) is 6.61 Å². The number of aromatic amines is 1. The summed E-state index contributed by atoms with van der Waals surface area (Å²) in [6.07, 6.45) is 1.45. The number of H-pyrrole nitrogens is 1. The van der Waals surface area contributed by atoms with E-state index in [1.54, 1.807) is 13.0 Å². The number of rotatable bonds is 5. The Morgan fingerprint density at radius 3 is 2.76 bits per heavy atom. The number of hydrogen-bond acceptors (Lipinski definition) is 3. The van der Waals surface area contributed by atoms with Crippen LogP contribution in [0.2, 0.25) is 0 Å². The maximum absolute atomic E-state index is 11.8. The van der Waals surface area contributed by atoms with Gasteiger partial charge in [0.1, 0.15) is 11.3 Å². The predicted molar refractivity (Wildman–Crippen MR) is 77.8 cm³/mol. The summed E-state index contributed by atoms with van der Waals surface area (Å²) in [6.45, 7) is 3.36. The van der Waals surface area contributed by atoms with E-state index in [2.05, 4.69) is 10.3 Å². The molecule has 0 bridgehead atoms. The number of carbonyl (C=O) groups is 2. The number of carboxylic acids is 1. The maximum atomic E-state index is 11.8. The molecule has 0 aliphatic heterocycles. The van der Waals surface area contributed by atoms with Gasteiger partial charge in [0.25, 0.3) is 5.91 Å². The minimum Gasteiger partial charge on any atom is -0.484 e. The Morgan fingerprint density at radius 2 is 2.10 bits per heavy atom. The van der Waals surface area contributed by atoms with E-state index in [9.17, 15) is 9.59 Å². The Morgan fingerprint density at radius 1 is 1.33 bits per heavy atom. The van der Waals surface area contributed by atoms with Crippen molar-refractivity contribution < 1.29 is 19.4 Å². The number of hydrogen-bond donors (Lipinski definition) is 3. The molecule has 0 aliphatic carbocycles. The molecule has 1 aromatic heterocycles.